The smallest absolute Gasteiger partial charge is 0.223 e. The summed E-state index contributed by atoms with van der Waals surface area (Å²) in [6.45, 7) is 4.16. The van der Waals surface area contributed by atoms with Crippen LogP contribution in [0.5, 0.6) is 0 Å². The lowest BCUT2D eigenvalue weighted by Gasteiger charge is -2.42. The largest absolute Gasteiger partial charge is 0.388 e. The minimum atomic E-state index is -0.842. The molecule has 0 aromatic heterocycles. The monoisotopic (exact) mass is 247 g/mol. The van der Waals surface area contributed by atoms with Crippen LogP contribution in [0.2, 0.25) is 0 Å². The number of hydrogen-bond donors (Lipinski definition) is 1. The van der Waals surface area contributed by atoms with E-state index in [9.17, 15) is 9.90 Å². The van der Waals surface area contributed by atoms with Crippen molar-refractivity contribution < 1.29 is 9.90 Å². The highest BCUT2D eigenvalue weighted by molar-refractivity contribution is 5.77. The average Bonchev–Trinajstić information content (AvgIpc) is 2.32. The Balaban J connectivity index is 2.18. The molecular weight excluding hydrogens is 226 g/mol. The van der Waals surface area contributed by atoms with Crippen molar-refractivity contribution in [2.45, 2.75) is 51.3 Å². The number of hydrogen-bond acceptors (Lipinski definition) is 2. The zero-order chi connectivity index (χ0) is 13.2. The van der Waals surface area contributed by atoms with E-state index in [1.807, 2.05) is 35.2 Å². The van der Waals surface area contributed by atoms with Crippen molar-refractivity contribution in [1.29, 1.82) is 0 Å². The van der Waals surface area contributed by atoms with E-state index in [1.54, 1.807) is 13.8 Å². The van der Waals surface area contributed by atoms with E-state index in [-0.39, 0.29) is 11.9 Å². The predicted octanol–water partition coefficient (Wildman–Crippen LogP) is 2.34. The van der Waals surface area contributed by atoms with Gasteiger partial charge < -0.3 is 10.0 Å². The molecule has 0 saturated carbocycles. The number of likely N-dealkylation sites (tertiary alicyclic amines) is 1. The van der Waals surface area contributed by atoms with Gasteiger partial charge in [0.1, 0.15) is 0 Å². The Morgan fingerprint density at radius 1 is 1.33 bits per heavy atom. The molecule has 0 aliphatic carbocycles. The molecule has 1 aromatic rings. The number of piperidine rings is 1. The SMILES string of the molecule is CC(C)(O)[C@@H]1CCCC(=O)N1Cc1ccccc1. The summed E-state index contributed by atoms with van der Waals surface area (Å²) in [6.07, 6.45) is 2.35. The number of carbonyl (C=O) groups is 1. The third-order valence-corrected chi connectivity index (χ3v) is 3.58. The topological polar surface area (TPSA) is 40.5 Å². The van der Waals surface area contributed by atoms with Crippen LogP contribution in [-0.2, 0) is 11.3 Å². The number of benzene rings is 1. The molecule has 1 heterocycles. The lowest BCUT2D eigenvalue weighted by Crippen LogP contribution is -2.53. The Hall–Kier alpha value is -1.35. The number of carbonyl (C=O) groups excluding carboxylic acids is 1. The van der Waals surface area contributed by atoms with Gasteiger partial charge in [0.2, 0.25) is 5.91 Å². The molecule has 1 aromatic carbocycles. The van der Waals surface area contributed by atoms with Gasteiger partial charge in [-0.25, -0.2) is 0 Å². The molecule has 98 valence electrons. The minimum Gasteiger partial charge on any atom is -0.388 e. The van der Waals surface area contributed by atoms with E-state index >= 15 is 0 Å². The van der Waals surface area contributed by atoms with Gasteiger partial charge in [0.15, 0.2) is 0 Å². The summed E-state index contributed by atoms with van der Waals surface area (Å²) in [7, 11) is 0. The Morgan fingerprint density at radius 3 is 2.61 bits per heavy atom. The first kappa shape index (κ1) is 13.1. The molecule has 0 unspecified atom stereocenters. The maximum absolute atomic E-state index is 12.1. The zero-order valence-corrected chi connectivity index (χ0v) is 11.1. The van der Waals surface area contributed by atoms with Gasteiger partial charge in [0.25, 0.3) is 0 Å². The van der Waals surface area contributed by atoms with Crippen LogP contribution in [0, 0.1) is 0 Å². The molecule has 1 N–H and O–H groups in total. The molecule has 18 heavy (non-hydrogen) atoms. The fraction of sp³-hybridized carbons (Fsp3) is 0.533. The summed E-state index contributed by atoms with van der Waals surface area (Å²) >= 11 is 0. The van der Waals surface area contributed by atoms with Crippen LogP contribution in [0.25, 0.3) is 0 Å². The molecule has 1 aliphatic rings. The second-order valence-electron chi connectivity index (χ2n) is 5.57. The van der Waals surface area contributed by atoms with Crippen LogP contribution in [0.15, 0.2) is 30.3 Å². The van der Waals surface area contributed by atoms with Crippen LogP contribution >= 0.6 is 0 Å². The molecule has 0 bridgehead atoms. The quantitative estimate of drug-likeness (QED) is 0.890. The molecule has 1 fully saturated rings. The van der Waals surface area contributed by atoms with E-state index in [4.69, 9.17) is 0 Å². The van der Waals surface area contributed by atoms with Crippen molar-refractivity contribution in [1.82, 2.24) is 4.90 Å². The number of rotatable bonds is 3. The predicted molar refractivity (Wildman–Crippen MR) is 70.9 cm³/mol. The molecule has 1 aliphatic heterocycles. The number of aliphatic hydroxyl groups is 1. The van der Waals surface area contributed by atoms with E-state index in [0.717, 1.165) is 18.4 Å². The summed E-state index contributed by atoms with van der Waals surface area (Å²) in [6, 6.07) is 9.87. The highest BCUT2D eigenvalue weighted by Crippen LogP contribution is 2.28. The van der Waals surface area contributed by atoms with Crippen LogP contribution in [0.1, 0.15) is 38.7 Å². The van der Waals surface area contributed by atoms with Crippen molar-refractivity contribution in [3.05, 3.63) is 35.9 Å². The highest BCUT2D eigenvalue weighted by atomic mass is 16.3. The van der Waals surface area contributed by atoms with Gasteiger partial charge in [-0.15, -0.1) is 0 Å². The molecule has 2 rings (SSSR count). The van der Waals surface area contributed by atoms with E-state index in [2.05, 4.69) is 0 Å². The Kier molecular flexibility index (Phi) is 3.71. The molecule has 1 atom stereocenters. The molecule has 0 spiro atoms. The summed E-state index contributed by atoms with van der Waals surface area (Å²) in [5.74, 6) is 0.150. The van der Waals surface area contributed by atoms with Crippen molar-refractivity contribution in [3.8, 4) is 0 Å². The Morgan fingerprint density at radius 2 is 2.00 bits per heavy atom. The molecular formula is C15H21NO2. The number of nitrogens with zero attached hydrogens (tertiary/aromatic N) is 1. The first-order chi connectivity index (χ1) is 8.48. The molecule has 1 amide bonds. The molecule has 0 radical (unpaired) electrons. The van der Waals surface area contributed by atoms with E-state index in [1.165, 1.54) is 0 Å². The fourth-order valence-electron chi connectivity index (χ4n) is 2.63. The second-order valence-corrected chi connectivity index (χ2v) is 5.57. The van der Waals surface area contributed by atoms with Crippen LogP contribution < -0.4 is 0 Å². The fourth-order valence-corrected chi connectivity index (χ4v) is 2.63. The number of amides is 1. The van der Waals surface area contributed by atoms with Gasteiger partial charge in [0, 0.05) is 13.0 Å². The third-order valence-electron chi connectivity index (χ3n) is 3.58. The molecule has 3 heteroatoms. The van der Waals surface area contributed by atoms with Crippen molar-refractivity contribution in [2.75, 3.05) is 0 Å². The van der Waals surface area contributed by atoms with Crippen molar-refractivity contribution in [3.63, 3.8) is 0 Å². The van der Waals surface area contributed by atoms with Crippen LogP contribution in [0.4, 0.5) is 0 Å². The van der Waals surface area contributed by atoms with Crippen molar-refractivity contribution in [2.24, 2.45) is 0 Å². The Bertz CT molecular complexity index is 408. The van der Waals surface area contributed by atoms with E-state index in [0.29, 0.717) is 13.0 Å². The average molecular weight is 247 g/mol. The first-order valence-electron chi connectivity index (χ1n) is 6.54. The standard InChI is InChI=1S/C15H21NO2/c1-15(2,18)13-9-6-10-14(17)16(13)11-12-7-4-3-5-8-12/h3-5,7-8,13,18H,6,9-11H2,1-2H3/t13-/m0/s1. The highest BCUT2D eigenvalue weighted by Gasteiger charge is 2.37. The summed E-state index contributed by atoms with van der Waals surface area (Å²) in [5.41, 5.74) is 0.271. The summed E-state index contributed by atoms with van der Waals surface area (Å²) < 4.78 is 0. The minimum absolute atomic E-state index is 0.0843. The normalized spacial score (nSPS) is 21.2. The van der Waals surface area contributed by atoms with Gasteiger partial charge in [0.05, 0.1) is 11.6 Å². The zero-order valence-electron chi connectivity index (χ0n) is 11.1. The Labute approximate surface area is 108 Å². The van der Waals surface area contributed by atoms with Gasteiger partial charge in [-0.05, 0) is 32.3 Å². The van der Waals surface area contributed by atoms with Gasteiger partial charge in [-0.2, -0.15) is 0 Å². The second kappa shape index (κ2) is 5.11. The molecule has 1 saturated heterocycles. The van der Waals surface area contributed by atoms with Crippen molar-refractivity contribution >= 4 is 5.91 Å². The van der Waals surface area contributed by atoms with Crippen LogP contribution in [0.3, 0.4) is 0 Å². The lowest BCUT2D eigenvalue weighted by molar-refractivity contribution is -0.145. The lowest BCUT2D eigenvalue weighted by atomic mass is 9.88. The van der Waals surface area contributed by atoms with Gasteiger partial charge >= 0.3 is 0 Å². The summed E-state index contributed by atoms with van der Waals surface area (Å²) in [5, 5.41) is 10.2. The van der Waals surface area contributed by atoms with Gasteiger partial charge in [-0.3, -0.25) is 4.79 Å². The van der Waals surface area contributed by atoms with Gasteiger partial charge in [-0.1, -0.05) is 30.3 Å². The first-order valence-corrected chi connectivity index (χ1v) is 6.54. The van der Waals surface area contributed by atoms with Crippen LogP contribution in [-0.4, -0.2) is 27.6 Å². The third kappa shape index (κ3) is 2.91. The van der Waals surface area contributed by atoms with E-state index < -0.39 is 5.60 Å². The maximum atomic E-state index is 12.1. The summed E-state index contributed by atoms with van der Waals surface area (Å²) in [4.78, 5) is 13.9. The molecule has 3 nitrogen and oxygen atoms in total. The maximum Gasteiger partial charge on any atom is 0.223 e.